The number of carbonyl (C=O) groups is 1. The van der Waals surface area contributed by atoms with E-state index in [4.69, 9.17) is 0 Å². The maximum absolute atomic E-state index is 13.2. The first kappa shape index (κ1) is 17.4. The number of fused-ring (bicyclic) bond motifs is 1. The van der Waals surface area contributed by atoms with E-state index in [0.717, 1.165) is 0 Å². The zero-order chi connectivity index (χ0) is 19.7. The molecule has 0 saturated carbocycles. The van der Waals surface area contributed by atoms with Gasteiger partial charge in [0.1, 0.15) is 29.2 Å². The van der Waals surface area contributed by atoms with Crippen LogP contribution in [-0.4, -0.2) is 20.8 Å². The summed E-state index contributed by atoms with van der Waals surface area (Å²) in [7, 11) is 0. The van der Waals surface area contributed by atoms with Gasteiger partial charge in [0.2, 0.25) is 0 Å². The molecule has 1 aliphatic rings. The van der Waals surface area contributed by atoms with Crippen molar-refractivity contribution < 1.29 is 9.90 Å². The zero-order valence-corrected chi connectivity index (χ0v) is 15.0. The molecular formula is C21H17N5O2. The van der Waals surface area contributed by atoms with Crippen LogP contribution in [0.1, 0.15) is 24.1 Å². The molecule has 7 nitrogen and oxygen atoms in total. The van der Waals surface area contributed by atoms with E-state index in [1.54, 1.807) is 41.9 Å². The molecule has 1 aromatic heterocycles. The second-order valence-corrected chi connectivity index (χ2v) is 6.44. The quantitative estimate of drug-likeness (QED) is 0.655. The van der Waals surface area contributed by atoms with Crippen LogP contribution in [0.5, 0.6) is 5.75 Å². The van der Waals surface area contributed by atoms with Gasteiger partial charge in [-0.2, -0.15) is 10.4 Å². The Morgan fingerprint density at radius 3 is 2.75 bits per heavy atom. The molecule has 2 heterocycles. The molecule has 138 valence electrons. The van der Waals surface area contributed by atoms with Crippen molar-refractivity contribution in [1.29, 1.82) is 5.26 Å². The van der Waals surface area contributed by atoms with E-state index >= 15 is 0 Å². The van der Waals surface area contributed by atoms with Crippen molar-refractivity contribution >= 4 is 17.4 Å². The van der Waals surface area contributed by atoms with E-state index in [-0.39, 0.29) is 11.7 Å². The van der Waals surface area contributed by atoms with Crippen molar-refractivity contribution in [3.05, 3.63) is 83.2 Å². The summed E-state index contributed by atoms with van der Waals surface area (Å²) >= 11 is 0. The summed E-state index contributed by atoms with van der Waals surface area (Å²) in [6, 6.07) is 17.4. The van der Waals surface area contributed by atoms with Gasteiger partial charge in [-0.15, -0.1) is 0 Å². The molecule has 0 aliphatic carbocycles. The largest absolute Gasteiger partial charge is 0.508 e. The molecule has 0 saturated heterocycles. The minimum Gasteiger partial charge on any atom is -0.508 e. The number of benzene rings is 2. The number of hydrogen-bond acceptors (Lipinski definition) is 5. The van der Waals surface area contributed by atoms with E-state index in [9.17, 15) is 15.2 Å². The van der Waals surface area contributed by atoms with Crippen molar-refractivity contribution in [3.63, 3.8) is 0 Å². The molecule has 1 aliphatic heterocycles. The van der Waals surface area contributed by atoms with E-state index in [1.165, 1.54) is 6.20 Å². The third-order valence-electron chi connectivity index (χ3n) is 4.61. The van der Waals surface area contributed by atoms with Crippen molar-refractivity contribution in [2.24, 2.45) is 0 Å². The zero-order valence-electron chi connectivity index (χ0n) is 15.0. The Bertz CT molecular complexity index is 1130. The van der Waals surface area contributed by atoms with Gasteiger partial charge in [-0.3, -0.25) is 4.79 Å². The summed E-state index contributed by atoms with van der Waals surface area (Å²) < 4.78 is 1.60. The number of phenolic OH excluding ortho intramolecular Hbond substituents is 1. The Morgan fingerprint density at radius 1 is 1.25 bits per heavy atom. The number of phenols is 1. The molecule has 4 rings (SSSR count). The summed E-state index contributed by atoms with van der Waals surface area (Å²) in [6.45, 7) is 1.79. The lowest BCUT2D eigenvalue weighted by molar-refractivity contribution is -0.113. The molecule has 3 N–H and O–H groups in total. The number of nitrogens with zero attached hydrogens (tertiary/aromatic N) is 3. The molecule has 1 atom stereocenters. The second-order valence-electron chi connectivity index (χ2n) is 6.44. The highest BCUT2D eigenvalue weighted by molar-refractivity contribution is 6.06. The molecule has 0 spiro atoms. The standard InChI is InChI=1S/C21H17N5O2/c1-13-18(21(28)25-16-7-3-2-4-8-16)19(14-6-5-9-17(27)10-14)26-20(24-13)15(11-22)12-23-26/h2-10,12,19,24,27H,1H3,(H,25,28). The van der Waals surface area contributed by atoms with Crippen LogP contribution in [0.3, 0.4) is 0 Å². The van der Waals surface area contributed by atoms with E-state index < -0.39 is 6.04 Å². The van der Waals surface area contributed by atoms with Crippen LogP contribution in [0.2, 0.25) is 0 Å². The number of rotatable bonds is 3. The fourth-order valence-corrected chi connectivity index (χ4v) is 3.35. The summed E-state index contributed by atoms with van der Waals surface area (Å²) in [5, 5.41) is 29.7. The summed E-state index contributed by atoms with van der Waals surface area (Å²) in [5.74, 6) is 0.319. The molecule has 1 amide bonds. The number of anilines is 2. The SMILES string of the molecule is CC1=C(C(=O)Nc2ccccc2)C(c2cccc(O)c2)n2ncc(C#N)c2N1. The first-order valence-electron chi connectivity index (χ1n) is 8.69. The van der Waals surface area contributed by atoms with Crippen molar-refractivity contribution in [3.8, 4) is 11.8 Å². The highest BCUT2D eigenvalue weighted by Gasteiger charge is 2.34. The monoisotopic (exact) mass is 371 g/mol. The topological polar surface area (TPSA) is 103 Å². The molecule has 7 heteroatoms. The average molecular weight is 371 g/mol. The third kappa shape index (κ3) is 2.97. The number of allylic oxidation sites excluding steroid dienone is 1. The highest BCUT2D eigenvalue weighted by atomic mass is 16.3. The fourth-order valence-electron chi connectivity index (χ4n) is 3.35. The molecule has 2 aromatic carbocycles. The lowest BCUT2D eigenvalue weighted by Crippen LogP contribution is -2.31. The lowest BCUT2D eigenvalue weighted by Gasteiger charge is -2.30. The number of carbonyl (C=O) groups excluding carboxylic acids is 1. The molecular weight excluding hydrogens is 354 g/mol. The first-order chi connectivity index (χ1) is 13.6. The van der Waals surface area contributed by atoms with Gasteiger partial charge in [-0.05, 0) is 36.8 Å². The predicted molar refractivity (Wildman–Crippen MR) is 105 cm³/mol. The maximum Gasteiger partial charge on any atom is 0.255 e. The van der Waals surface area contributed by atoms with E-state index in [0.29, 0.717) is 33.9 Å². The number of nitrogens with one attached hydrogen (secondary N) is 2. The van der Waals surface area contributed by atoms with Crippen LogP contribution in [0.4, 0.5) is 11.5 Å². The number of para-hydroxylation sites is 1. The Morgan fingerprint density at radius 2 is 2.04 bits per heavy atom. The first-order valence-corrected chi connectivity index (χ1v) is 8.69. The molecule has 3 aromatic rings. The Labute approximate surface area is 161 Å². The van der Waals surface area contributed by atoms with Crippen LogP contribution >= 0.6 is 0 Å². The van der Waals surface area contributed by atoms with E-state index in [1.807, 2.05) is 24.3 Å². The van der Waals surface area contributed by atoms with Gasteiger partial charge >= 0.3 is 0 Å². The van der Waals surface area contributed by atoms with Gasteiger partial charge < -0.3 is 15.7 Å². The van der Waals surface area contributed by atoms with Crippen LogP contribution in [0.15, 0.2) is 72.1 Å². The van der Waals surface area contributed by atoms with Crippen LogP contribution in [-0.2, 0) is 4.79 Å². The summed E-state index contributed by atoms with van der Waals surface area (Å²) in [4.78, 5) is 13.2. The fraction of sp³-hybridized carbons (Fsp3) is 0.0952. The number of hydrogen-bond donors (Lipinski definition) is 3. The number of aromatic hydroxyl groups is 1. The molecule has 0 radical (unpaired) electrons. The van der Waals surface area contributed by atoms with Gasteiger partial charge in [-0.1, -0.05) is 30.3 Å². The number of aromatic nitrogens is 2. The van der Waals surface area contributed by atoms with Gasteiger partial charge in [-0.25, -0.2) is 4.68 Å². The van der Waals surface area contributed by atoms with Crippen molar-refractivity contribution in [1.82, 2.24) is 9.78 Å². The van der Waals surface area contributed by atoms with E-state index in [2.05, 4.69) is 21.8 Å². The van der Waals surface area contributed by atoms with Gasteiger partial charge in [0.05, 0.1) is 11.8 Å². The summed E-state index contributed by atoms with van der Waals surface area (Å²) in [6.07, 6.45) is 1.46. The molecule has 28 heavy (non-hydrogen) atoms. The predicted octanol–water partition coefficient (Wildman–Crippen LogP) is 3.39. The Balaban J connectivity index is 1.83. The van der Waals surface area contributed by atoms with Crippen LogP contribution < -0.4 is 10.6 Å². The average Bonchev–Trinajstić information content (AvgIpc) is 3.10. The second kappa shape index (κ2) is 6.93. The number of nitriles is 1. The smallest absolute Gasteiger partial charge is 0.255 e. The minimum absolute atomic E-state index is 0.0886. The number of amides is 1. The van der Waals surface area contributed by atoms with Crippen molar-refractivity contribution in [2.45, 2.75) is 13.0 Å². The maximum atomic E-state index is 13.2. The summed E-state index contributed by atoms with van der Waals surface area (Å²) in [5.41, 5.74) is 2.81. The lowest BCUT2D eigenvalue weighted by atomic mass is 9.94. The normalized spacial score (nSPS) is 15.4. The highest BCUT2D eigenvalue weighted by Crippen LogP contribution is 2.38. The van der Waals surface area contributed by atoms with Crippen LogP contribution in [0, 0.1) is 11.3 Å². The van der Waals surface area contributed by atoms with Gasteiger partial charge in [0.15, 0.2) is 0 Å². The molecule has 0 bridgehead atoms. The molecule has 0 fully saturated rings. The Kier molecular flexibility index (Phi) is 4.30. The Hall–Kier alpha value is -4.05. The van der Waals surface area contributed by atoms with Gasteiger partial charge in [0.25, 0.3) is 5.91 Å². The van der Waals surface area contributed by atoms with Crippen molar-refractivity contribution in [2.75, 3.05) is 10.6 Å². The molecule has 1 unspecified atom stereocenters. The van der Waals surface area contributed by atoms with Gasteiger partial charge in [0, 0.05) is 11.4 Å². The minimum atomic E-state index is -0.589. The van der Waals surface area contributed by atoms with Crippen LogP contribution in [0.25, 0.3) is 0 Å². The third-order valence-corrected chi connectivity index (χ3v) is 4.61.